The average molecular weight is 352 g/mol. The molecule has 0 aliphatic carbocycles. The van der Waals surface area contributed by atoms with Crippen molar-refractivity contribution in [1.82, 2.24) is 0 Å². The van der Waals surface area contributed by atoms with Crippen LogP contribution in [0.4, 0.5) is 0 Å². The Morgan fingerprint density at radius 3 is 1.05 bits per heavy atom. The molecule has 0 amide bonds. The monoisotopic (exact) mass is 351 g/mol. The minimum absolute atomic E-state index is 0. The zero-order valence-corrected chi connectivity index (χ0v) is 15.0. The molecule has 0 rings (SSSR count). The standard InChI is InChI=1S/2C8H14O2.Cu/c2*1-6(2)4-8(10)5-7(3)9;/h2*6H,4-5H2,1-3H3;/p+4. The molecule has 0 saturated heterocycles. The molecule has 127 valence electrons. The van der Waals surface area contributed by atoms with Crippen molar-refractivity contribution in [3.8, 4) is 0 Å². The number of hydrogen-bond acceptors (Lipinski definition) is 0. The molecule has 0 aromatic rings. The fourth-order valence-electron chi connectivity index (χ4n) is 1.68. The summed E-state index contributed by atoms with van der Waals surface area (Å²) in [6.45, 7) is 11.3. The van der Waals surface area contributed by atoms with Crippen molar-refractivity contribution < 1.29 is 36.2 Å². The first kappa shape index (κ1) is 25.2. The molecule has 0 fully saturated rings. The summed E-state index contributed by atoms with van der Waals surface area (Å²) >= 11 is 0. The fraction of sp³-hybridized carbons (Fsp3) is 0.750. The van der Waals surface area contributed by atoms with Crippen LogP contribution in [0.25, 0.3) is 0 Å². The van der Waals surface area contributed by atoms with E-state index in [0.29, 0.717) is 49.1 Å². The molecular formula is C16H32CuO4+4. The van der Waals surface area contributed by atoms with E-state index < -0.39 is 0 Å². The topological polar surface area (TPSA) is 85.6 Å². The summed E-state index contributed by atoms with van der Waals surface area (Å²) in [5.41, 5.74) is 0. The number of rotatable bonds is 8. The van der Waals surface area contributed by atoms with Crippen molar-refractivity contribution in [2.75, 3.05) is 0 Å². The van der Waals surface area contributed by atoms with Crippen LogP contribution in [0.5, 0.6) is 0 Å². The Morgan fingerprint density at radius 1 is 0.667 bits per heavy atom. The molecule has 5 heteroatoms. The fourth-order valence-corrected chi connectivity index (χ4v) is 1.68. The van der Waals surface area contributed by atoms with Gasteiger partial charge in [0.2, 0.25) is 0 Å². The zero-order valence-electron chi connectivity index (χ0n) is 14.1. The van der Waals surface area contributed by atoms with Crippen LogP contribution in [0.15, 0.2) is 0 Å². The van der Waals surface area contributed by atoms with Gasteiger partial charge >= 0.3 is 23.1 Å². The molecule has 4 N–H and O–H groups in total. The Morgan fingerprint density at radius 2 is 0.905 bits per heavy atom. The Hall–Kier alpha value is -0.801. The molecule has 0 unspecified atom stereocenters. The molecule has 0 aliphatic rings. The molecule has 0 aromatic carbocycles. The van der Waals surface area contributed by atoms with E-state index in [0.717, 1.165) is 0 Å². The van der Waals surface area contributed by atoms with Crippen molar-refractivity contribution in [3.05, 3.63) is 0 Å². The normalized spacial score (nSPS) is 9.52. The third-order valence-corrected chi connectivity index (χ3v) is 2.21. The van der Waals surface area contributed by atoms with Gasteiger partial charge in [-0.1, -0.05) is 27.7 Å². The third-order valence-electron chi connectivity index (χ3n) is 2.21. The third kappa shape index (κ3) is 24.6. The SMILES string of the molecule is CC(=[OH+])CC(=[OH+])CC(C)C.CC(=[OH+])CC(=[OH+])CC(C)C.[Cu]. The Labute approximate surface area is 138 Å². The largest absolute Gasteiger partial charge is 0.306 e. The van der Waals surface area contributed by atoms with Gasteiger partial charge in [-0.15, -0.1) is 0 Å². The Balaban J connectivity index is -0.000000295. The van der Waals surface area contributed by atoms with Crippen LogP contribution >= 0.6 is 0 Å². The maximum atomic E-state index is 9.13. The van der Waals surface area contributed by atoms with Crippen LogP contribution in [-0.4, -0.2) is 42.3 Å². The van der Waals surface area contributed by atoms with Gasteiger partial charge in [-0.3, -0.25) is 19.2 Å². The predicted molar refractivity (Wildman–Crippen MR) is 87.3 cm³/mol. The van der Waals surface area contributed by atoms with E-state index in [1.54, 1.807) is 13.8 Å². The average Bonchev–Trinajstić information content (AvgIpc) is 2.11. The van der Waals surface area contributed by atoms with Gasteiger partial charge in [-0.05, 0) is 11.8 Å². The summed E-state index contributed by atoms with van der Waals surface area (Å²) in [5, 5.41) is 0. The van der Waals surface area contributed by atoms with Gasteiger partial charge in [0.15, 0.2) is 12.8 Å². The van der Waals surface area contributed by atoms with Crippen molar-refractivity contribution in [2.45, 2.75) is 67.2 Å². The van der Waals surface area contributed by atoms with E-state index in [2.05, 4.69) is 0 Å². The summed E-state index contributed by atoms with van der Waals surface area (Å²) in [4.78, 5) is 35.8. The quantitative estimate of drug-likeness (QED) is 0.365. The van der Waals surface area contributed by atoms with E-state index in [-0.39, 0.29) is 28.6 Å². The van der Waals surface area contributed by atoms with Crippen molar-refractivity contribution in [1.29, 1.82) is 0 Å². The van der Waals surface area contributed by atoms with Gasteiger partial charge in [0.05, 0.1) is 12.8 Å². The van der Waals surface area contributed by atoms with Crippen LogP contribution in [0.1, 0.15) is 67.2 Å². The molecule has 0 bridgehead atoms. The first-order chi connectivity index (χ1) is 9.04. The Bertz CT molecular complexity index is 312. The van der Waals surface area contributed by atoms with Crippen LogP contribution in [0, 0.1) is 11.8 Å². The molecule has 0 saturated carbocycles. The van der Waals surface area contributed by atoms with Gasteiger partial charge < -0.3 is 0 Å². The van der Waals surface area contributed by atoms with Gasteiger partial charge in [-0.2, -0.15) is 0 Å². The summed E-state index contributed by atoms with van der Waals surface area (Å²) in [5.74, 6) is 2.21. The Kier molecular flexibility index (Phi) is 17.0. The molecule has 0 atom stereocenters. The second kappa shape index (κ2) is 14.2. The van der Waals surface area contributed by atoms with Crippen LogP contribution in [0.2, 0.25) is 0 Å². The van der Waals surface area contributed by atoms with E-state index in [4.69, 9.17) is 19.2 Å². The molecule has 1 radical (unpaired) electrons. The number of ketones is 4. The molecular weight excluding hydrogens is 320 g/mol. The van der Waals surface area contributed by atoms with E-state index >= 15 is 0 Å². The molecule has 4 nitrogen and oxygen atoms in total. The van der Waals surface area contributed by atoms with E-state index in [9.17, 15) is 0 Å². The van der Waals surface area contributed by atoms with Crippen LogP contribution in [-0.2, 0) is 17.1 Å². The predicted octanol–water partition coefficient (Wildman–Crippen LogP) is 3.06. The first-order valence-corrected chi connectivity index (χ1v) is 7.14. The van der Waals surface area contributed by atoms with Crippen molar-refractivity contribution in [3.63, 3.8) is 0 Å². The van der Waals surface area contributed by atoms with Gasteiger partial charge in [0.25, 0.3) is 0 Å². The molecule has 0 heterocycles. The number of hydrogen-bond donors (Lipinski definition) is 0. The second-order valence-electron chi connectivity index (χ2n) is 6.15. The van der Waals surface area contributed by atoms with Gasteiger partial charge in [0, 0.05) is 30.9 Å². The molecule has 0 spiro atoms. The summed E-state index contributed by atoms with van der Waals surface area (Å²) < 4.78 is 0. The van der Waals surface area contributed by atoms with Crippen molar-refractivity contribution >= 4 is 23.1 Å². The molecule has 0 aliphatic heterocycles. The second-order valence-corrected chi connectivity index (χ2v) is 6.15. The van der Waals surface area contributed by atoms with E-state index in [1.165, 1.54) is 0 Å². The van der Waals surface area contributed by atoms with Crippen molar-refractivity contribution in [2.24, 2.45) is 11.8 Å². The smallest absolute Gasteiger partial charge is 0.283 e. The first-order valence-electron chi connectivity index (χ1n) is 7.14. The zero-order chi connectivity index (χ0) is 16.3. The van der Waals surface area contributed by atoms with Gasteiger partial charge in [-0.25, -0.2) is 0 Å². The minimum atomic E-state index is 0. The summed E-state index contributed by atoms with van der Waals surface area (Å²) in [7, 11) is 0. The summed E-state index contributed by atoms with van der Waals surface area (Å²) in [6, 6.07) is 0. The maximum absolute atomic E-state index is 9.13. The molecule has 0 aromatic heterocycles. The molecule has 21 heavy (non-hydrogen) atoms. The maximum Gasteiger partial charge on any atom is 0.306 e. The number of carbonyl (C=O) groups excluding carboxylic acids is 4. The summed E-state index contributed by atoms with van der Waals surface area (Å²) in [6.07, 6.45) is 2.02. The van der Waals surface area contributed by atoms with Gasteiger partial charge in [0.1, 0.15) is 0 Å². The van der Waals surface area contributed by atoms with E-state index in [1.807, 2.05) is 27.7 Å². The van der Waals surface area contributed by atoms with Crippen LogP contribution in [0.3, 0.4) is 0 Å². The van der Waals surface area contributed by atoms with Crippen LogP contribution < -0.4 is 0 Å². The minimum Gasteiger partial charge on any atom is -0.283 e.